The van der Waals surface area contributed by atoms with E-state index in [4.69, 9.17) is 14.2 Å². The van der Waals surface area contributed by atoms with E-state index in [1.54, 1.807) is 6.08 Å². The normalized spacial score (nSPS) is 33.4. The zero-order valence-electron chi connectivity index (χ0n) is 27.9. The van der Waals surface area contributed by atoms with Gasteiger partial charge in [-0.1, -0.05) is 66.4 Å². The molecule has 0 saturated carbocycles. The molecule has 0 aromatic heterocycles. The zero-order valence-corrected chi connectivity index (χ0v) is 28.1. The average Bonchev–Trinajstić information content (AvgIpc) is 3.52. The van der Waals surface area contributed by atoms with Gasteiger partial charge in [-0.05, 0) is 67.5 Å². The summed E-state index contributed by atoms with van der Waals surface area (Å²) in [5.41, 5.74) is 1.59. The predicted molar refractivity (Wildman–Crippen MR) is 165 cm³/mol. The molecular weight excluding hydrogens is 697 g/mol. The fraction of sp³-hybridized carbons (Fsp3) is 0.758. The summed E-state index contributed by atoms with van der Waals surface area (Å²) >= 11 is 1.98. The van der Waals surface area contributed by atoms with Crippen molar-refractivity contribution >= 4 is 17.5 Å². The fourth-order valence-corrected chi connectivity index (χ4v) is 8.13. The molecule has 2 N–H and O–H groups in total. The molecule has 229 valence electrons. The Morgan fingerprint density at radius 1 is 1.23 bits per heavy atom. The molecule has 5 unspecified atom stereocenters. The summed E-state index contributed by atoms with van der Waals surface area (Å²) in [4.78, 5) is 5.97. The quantitative estimate of drug-likeness (QED) is 0.192. The van der Waals surface area contributed by atoms with Crippen LogP contribution in [0.2, 0.25) is 0 Å². The second-order valence-electron chi connectivity index (χ2n) is 11.9. The van der Waals surface area contributed by atoms with Crippen molar-refractivity contribution in [3.8, 4) is 0 Å². The number of fused-ring (bicyclic) bond motifs is 4. The van der Waals surface area contributed by atoms with Crippen molar-refractivity contribution in [1.29, 1.82) is 0 Å². The summed E-state index contributed by atoms with van der Waals surface area (Å²) in [6.45, 7) is 8.44. The molecule has 0 aromatic rings. The maximum atomic E-state index is 9.88. The SMILES string of the molecule is CCC(CC)/C(O)=C/[C@@H](O)C(CC)CC.[2H]C([2H])([2H])C1=NC2OC3=C([C@H]4CC=C5SC(C)CC5[N-]4)[CH-]CCC3C2CC1.[Ir]. The van der Waals surface area contributed by atoms with Gasteiger partial charge in [-0.15, -0.1) is 30.3 Å². The van der Waals surface area contributed by atoms with Crippen LogP contribution in [0.1, 0.15) is 110 Å². The van der Waals surface area contributed by atoms with Gasteiger partial charge in [-0.25, -0.2) is 6.42 Å². The van der Waals surface area contributed by atoms with Gasteiger partial charge in [0.25, 0.3) is 0 Å². The van der Waals surface area contributed by atoms with Crippen molar-refractivity contribution in [3.63, 3.8) is 0 Å². The molecule has 7 atom stereocenters. The van der Waals surface area contributed by atoms with Crippen LogP contribution in [0.5, 0.6) is 0 Å². The van der Waals surface area contributed by atoms with E-state index in [1.165, 1.54) is 10.5 Å². The smallest absolute Gasteiger partial charge is 0.171 e. The van der Waals surface area contributed by atoms with Crippen molar-refractivity contribution in [2.24, 2.45) is 28.7 Å². The van der Waals surface area contributed by atoms with Crippen LogP contribution in [0.3, 0.4) is 0 Å². The Bertz CT molecular complexity index is 1050. The summed E-state index contributed by atoms with van der Waals surface area (Å²) in [5, 5.41) is 25.5. The molecular formula is C33H52IrN2O3S-2. The molecule has 0 amide bonds. The number of aliphatic hydroxyl groups is 2. The van der Waals surface area contributed by atoms with Crippen LogP contribution in [0, 0.1) is 30.1 Å². The van der Waals surface area contributed by atoms with Crippen molar-refractivity contribution in [3.05, 3.63) is 45.9 Å². The molecule has 7 heteroatoms. The minimum atomic E-state index is -2.10. The van der Waals surface area contributed by atoms with Gasteiger partial charge in [0, 0.05) is 47.0 Å². The minimum absolute atomic E-state index is 0. The van der Waals surface area contributed by atoms with Crippen LogP contribution in [-0.4, -0.2) is 45.6 Å². The third-order valence-electron chi connectivity index (χ3n) is 9.35. The molecule has 40 heavy (non-hydrogen) atoms. The van der Waals surface area contributed by atoms with Crippen LogP contribution in [0.25, 0.3) is 5.32 Å². The Morgan fingerprint density at radius 2 is 1.98 bits per heavy atom. The Hall–Kier alpha value is -0.721. The van der Waals surface area contributed by atoms with Gasteiger partial charge in [0.05, 0.1) is 11.9 Å². The number of rotatable bonds is 8. The van der Waals surface area contributed by atoms with Crippen LogP contribution in [-0.2, 0) is 24.8 Å². The minimum Gasteiger partial charge on any atom is -0.651 e. The summed E-state index contributed by atoms with van der Waals surface area (Å²) in [5.74, 6) is 2.60. The first-order valence-corrected chi connectivity index (χ1v) is 16.3. The van der Waals surface area contributed by atoms with E-state index < -0.39 is 13.0 Å². The molecule has 2 fully saturated rings. The van der Waals surface area contributed by atoms with Gasteiger partial charge in [0.2, 0.25) is 0 Å². The fourth-order valence-electron chi connectivity index (χ4n) is 6.88. The molecule has 5 aliphatic rings. The number of thioether (sulfide) groups is 1. The van der Waals surface area contributed by atoms with Crippen molar-refractivity contribution in [2.75, 3.05) is 0 Å². The number of ether oxygens (including phenoxy) is 1. The number of hydrogen-bond acceptors (Lipinski definition) is 5. The Morgan fingerprint density at radius 3 is 2.65 bits per heavy atom. The van der Waals surface area contributed by atoms with Crippen LogP contribution < -0.4 is 0 Å². The van der Waals surface area contributed by atoms with E-state index in [-0.39, 0.29) is 44.2 Å². The summed E-state index contributed by atoms with van der Waals surface area (Å²) < 4.78 is 29.3. The molecule has 1 radical (unpaired) electrons. The Balaban J connectivity index is 0.000000274. The van der Waals surface area contributed by atoms with Gasteiger partial charge in [-0.2, -0.15) is 5.57 Å². The maximum Gasteiger partial charge on any atom is 0.171 e. The van der Waals surface area contributed by atoms with Gasteiger partial charge < -0.3 is 20.3 Å². The molecule has 0 spiro atoms. The zero-order chi connectivity index (χ0) is 30.6. The van der Waals surface area contributed by atoms with Gasteiger partial charge in [0.15, 0.2) is 6.23 Å². The molecule has 4 heterocycles. The van der Waals surface area contributed by atoms with Crippen LogP contribution in [0.15, 0.2) is 39.1 Å². The molecule has 0 bridgehead atoms. The summed E-state index contributed by atoms with van der Waals surface area (Å²) in [6, 6.07) is 0.545. The van der Waals surface area contributed by atoms with E-state index in [9.17, 15) is 10.2 Å². The number of aliphatic imine (C=N–C) groups is 1. The summed E-state index contributed by atoms with van der Waals surface area (Å²) in [6.07, 6.45) is 14.9. The first-order chi connectivity index (χ1) is 20.0. The largest absolute Gasteiger partial charge is 0.651 e. The standard InChI is InChI=1S/C20H26N2OS.C13H26O2.Ir/c1-11-6-7-14-13-4-3-5-15(19(13)23-20(14)21-11)16-8-9-18-17(22-16)10-12(2)24-18;1-5-10(6-2)12(14)9-13(15)11(7-3)8-4;/h5,9,12-14,16-17,20H,3-4,6-8,10H2,1-2H3;9-12,14-15H,5-8H2,1-4H3;/q-2;;/b;13-9-;/t12?,13?,14?,16-,17?,20?;12-;/m11./s1/i1D3;;. The molecule has 1 aliphatic carbocycles. The van der Waals surface area contributed by atoms with E-state index in [0.717, 1.165) is 63.5 Å². The summed E-state index contributed by atoms with van der Waals surface area (Å²) in [7, 11) is 0. The molecule has 0 aromatic carbocycles. The van der Waals surface area contributed by atoms with Crippen molar-refractivity contribution in [2.45, 2.75) is 135 Å². The first-order valence-electron chi connectivity index (χ1n) is 17.0. The van der Waals surface area contributed by atoms with E-state index in [2.05, 4.69) is 52.1 Å². The van der Waals surface area contributed by atoms with E-state index in [0.29, 0.717) is 41.0 Å². The van der Waals surface area contributed by atoms with E-state index in [1.807, 2.05) is 11.8 Å². The number of aliphatic hydroxyl groups excluding tert-OH is 2. The van der Waals surface area contributed by atoms with Crippen molar-refractivity contribution in [1.82, 2.24) is 0 Å². The third kappa shape index (κ3) is 7.81. The number of hydrogen-bond donors (Lipinski definition) is 2. The van der Waals surface area contributed by atoms with Gasteiger partial charge in [-0.3, -0.25) is 4.99 Å². The number of nitrogens with zero attached hydrogens (tertiary/aromatic N) is 2. The Kier molecular flexibility index (Phi) is 11.5. The van der Waals surface area contributed by atoms with Gasteiger partial charge in [0.1, 0.15) is 0 Å². The third-order valence-corrected chi connectivity index (χ3v) is 10.7. The van der Waals surface area contributed by atoms with E-state index >= 15 is 0 Å². The monoisotopic (exact) mass is 752 g/mol. The molecule has 4 aliphatic heterocycles. The number of allylic oxidation sites excluding steroid dienone is 2. The topological polar surface area (TPSA) is 76.2 Å². The molecule has 2 saturated heterocycles. The molecule has 5 nitrogen and oxygen atoms in total. The average molecular weight is 752 g/mol. The van der Waals surface area contributed by atoms with Gasteiger partial charge >= 0.3 is 0 Å². The predicted octanol–water partition coefficient (Wildman–Crippen LogP) is 8.66. The second-order valence-corrected chi connectivity index (χ2v) is 13.4. The van der Waals surface area contributed by atoms with Crippen LogP contribution in [0.4, 0.5) is 0 Å². The second kappa shape index (κ2) is 15.7. The molecule has 5 rings (SSSR count). The van der Waals surface area contributed by atoms with Crippen LogP contribution >= 0.6 is 11.8 Å². The maximum absolute atomic E-state index is 9.88. The Labute approximate surface area is 265 Å². The van der Waals surface area contributed by atoms with Crippen molar-refractivity contribution < 1.29 is 39.2 Å². The first kappa shape index (κ1) is 29.4.